The summed E-state index contributed by atoms with van der Waals surface area (Å²) < 4.78 is 18.9. The first-order valence-electron chi connectivity index (χ1n) is 10.8. The summed E-state index contributed by atoms with van der Waals surface area (Å²) in [5, 5.41) is 0. The fourth-order valence-corrected chi connectivity index (χ4v) is 4.87. The Hall–Kier alpha value is -3.59. The second-order valence-electron chi connectivity index (χ2n) is 8.35. The third-order valence-electron chi connectivity index (χ3n) is 5.33. The van der Waals surface area contributed by atoms with Crippen LogP contribution in [0.2, 0.25) is 0 Å². The van der Waals surface area contributed by atoms with Gasteiger partial charge in [0.2, 0.25) is 0 Å². The normalized spacial score (nSPS) is 15.9. The van der Waals surface area contributed by atoms with Crippen LogP contribution in [0.4, 0.5) is 5.88 Å². The quantitative estimate of drug-likeness (QED) is 0.504. The average molecular weight is 482 g/mol. The number of fused-ring (bicyclic) bond motifs is 1. The second kappa shape index (κ2) is 9.34. The lowest BCUT2D eigenvalue weighted by atomic mass is 9.95. The fourth-order valence-electron chi connectivity index (χ4n) is 3.84. The van der Waals surface area contributed by atoms with E-state index in [1.165, 1.54) is 23.0 Å². The number of ether oxygens (including phenoxy) is 2. The van der Waals surface area contributed by atoms with Gasteiger partial charge >= 0.3 is 5.97 Å². The Labute approximate surface area is 201 Å². The molecule has 1 unspecified atom stereocenters. The second-order valence-corrected chi connectivity index (χ2v) is 9.36. The first-order chi connectivity index (χ1) is 16.2. The van der Waals surface area contributed by atoms with Crippen LogP contribution in [0.15, 0.2) is 61.9 Å². The molecule has 1 aromatic carbocycles. The van der Waals surface area contributed by atoms with E-state index in [-0.39, 0.29) is 11.7 Å². The molecule has 8 nitrogen and oxygen atoms in total. The lowest BCUT2D eigenvalue weighted by molar-refractivity contribution is -0.136. The molecule has 0 fully saturated rings. The van der Waals surface area contributed by atoms with Gasteiger partial charge in [0, 0.05) is 31.8 Å². The van der Waals surface area contributed by atoms with Gasteiger partial charge in [-0.25, -0.2) is 9.79 Å². The maximum absolute atomic E-state index is 13.7. The number of methoxy groups -OCH3 is 1. The van der Waals surface area contributed by atoms with Crippen molar-refractivity contribution in [3.05, 3.63) is 78.7 Å². The summed E-state index contributed by atoms with van der Waals surface area (Å²) in [6.45, 7) is 5.60. The largest absolute Gasteiger partial charge is 0.491 e. The third kappa shape index (κ3) is 4.31. The summed E-state index contributed by atoms with van der Waals surface area (Å²) >= 11 is 1.25. The molecule has 1 aliphatic rings. The van der Waals surface area contributed by atoms with Crippen LogP contribution in [0.5, 0.6) is 5.75 Å². The maximum atomic E-state index is 13.7. The number of allylic oxidation sites excluding steroid dienone is 1. The zero-order valence-corrected chi connectivity index (χ0v) is 20.8. The van der Waals surface area contributed by atoms with Gasteiger partial charge in [-0.1, -0.05) is 29.5 Å². The van der Waals surface area contributed by atoms with E-state index in [2.05, 4.69) is 4.99 Å². The fraction of sp³-hybridized carbons (Fsp3) is 0.320. The Morgan fingerprint density at radius 1 is 1.24 bits per heavy atom. The summed E-state index contributed by atoms with van der Waals surface area (Å²) in [6, 6.07) is 10.3. The van der Waals surface area contributed by atoms with E-state index in [1.807, 2.05) is 69.2 Å². The molecule has 0 saturated carbocycles. The summed E-state index contributed by atoms with van der Waals surface area (Å²) in [7, 11) is 5.08. The molecule has 0 saturated heterocycles. The van der Waals surface area contributed by atoms with Crippen LogP contribution in [0, 0.1) is 0 Å². The third-order valence-corrected chi connectivity index (χ3v) is 6.31. The highest BCUT2D eigenvalue weighted by molar-refractivity contribution is 7.07. The highest BCUT2D eigenvalue weighted by atomic mass is 32.1. The predicted octanol–water partition coefficient (Wildman–Crippen LogP) is 2.85. The molecule has 178 valence electrons. The number of esters is 1. The lowest BCUT2D eigenvalue weighted by Crippen LogP contribution is -2.40. The minimum absolute atomic E-state index is 0.0894. The number of benzene rings is 1. The number of carbonyl (C=O) groups excluding carboxylic acids is 1. The van der Waals surface area contributed by atoms with E-state index in [0.29, 0.717) is 43.6 Å². The molecule has 1 atom stereocenters. The number of aromatic nitrogens is 1. The van der Waals surface area contributed by atoms with Gasteiger partial charge in [-0.2, -0.15) is 0 Å². The molecule has 3 aromatic rings. The van der Waals surface area contributed by atoms with Crippen LogP contribution >= 0.6 is 11.3 Å². The molecular weight excluding hydrogens is 454 g/mol. The Morgan fingerprint density at radius 3 is 2.62 bits per heavy atom. The molecule has 0 amide bonds. The van der Waals surface area contributed by atoms with Crippen molar-refractivity contribution in [1.82, 2.24) is 4.57 Å². The van der Waals surface area contributed by atoms with Gasteiger partial charge in [-0.15, -0.1) is 0 Å². The molecule has 34 heavy (non-hydrogen) atoms. The zero-order valence-electron chi connectivity index (χ0n) is 20.0. The molecule has 0 N–H and O–H groups in total. The minimum Gasteiger partial charge on any atom is -0.491 e. The van der Waals surface area contributed by atoms with E-state index in [4.69, 9.17) is 13.9 Å². The number of hydrogen-bond donors (Lipinski definition) is 0. The van der Waals surface area contributed by atoms with E-state index in [9.17, 15) is 9.59 Å². The number of furan rings is 1. The highest BCUT2D eigenvalue weighted by Crippen LogP contribution is 2.36. The first-order valence-corrected chi connectivity index (χ1v) is 11.7. The van der Waals surface area contributed by atoms with Gasteiger partial charge in [0.15, 0.2) is 10.7 Å². The van der Waals surface area contributed by atoms with Crippen molar-refractivity contribution in [2.24, 2.45) is 4.99 Å². The van der Waals surface area contributed by atoms with Crippen LogP contribution in [0.1, 0.15) is 38.1 Å². The van der Waals surface area contributed by atoms with Crippen molar-refractivity contribution in [3.8, 4) is 5.75 Å². The maximum Gasteiger partial charge on any atom is 0.338 e. The molecule has 3 heterocycles. The molecule has 0 bridgehead atoms. The van der Waals surface area contributed by atoms with Gasteiger partial charge in [0.25, 0.3) is 5.56 Å². The smallest absolute Gasteiger partial charge is 0.338 e. The Kier molecular flexibility index (Phi) is 6.47. The van der Waals surface area contributed by atoms with Gasteiger partial charge < -0.3 is 18.8 Å². The van der Waals surface area contributed by atoms with Crippen molar-refractivity contribution in [2.75, 3.05) is 26.1 Å². The standard InChI is InChI=1S/C25H27N3O5S/c1-14(2)32-18-10-8-7-9-17(18)22-21(24(30)31-6)15(3)26-25-28(22)23(29)19(34-25)13-16-11-12-20(33-16)27(4)5/h7-14,22H,1-6H3. The number of thiazole rings is 1. The van der Waals surface area contributed by atoms with E-state index in [1.54, 1.807) is 13.0 Å². The molecule has 2 aromatic heterocycles. The van der Waals surface area contributed by atoms with Crippen molar-refractivity contribution < 1.29 is 18.7 Å². The van der Waals surface area contributed by atoms with Gasteiger partial charge in [-0.3, -0.25) is 9.36 Å². The first kappa shape index (κ1) is 23.6. The molecule has 1 aliphatic heterocycles. The Balaban J connectivity index is 1.96. The Bertz CT molecular complexity index is 1440. The number of hydrogen-bond acceptors (Lipinski definition) is 8. The SMILES string of the molecule is COC(=O)C1=C(C)N=c2sc(=Cc3ccc(N(C)C)o3)c(=O)n2C1c1ccccc1OC(C)C. The number of nitrogens with zero attached hydrogens (tertiary/aromatic N) is 3. The van der Waals surface area contributed by atoms with Crippen molar-refractivity contribution >= 4 is 29.3 Å². The van der Waals surface area contributed by atoms with Gasteiger partial charge in [0.1, 0.15) is 17.6 Å². The van der Waals surface area contributed by atoms with Crippen molar-refractivity contribution in [1.29, 1.82) is 0 Å². The molecule has 0 spiro atoms. The minimum atomic E-state index is -0.741. The van der Waals surface area contributed by atoms with E-state index in [0.717, 1.165) is 0 Å². The van der Waals surface area contributed by atoms with Crippen LogP contribution in [0.3, 0.4) is 0 Å². The molecule has 4 rings (SSSR count). The summed E-state index contributed by atoms with van der Waals surface area (Å²) in [5.41, 5.74) is 1.21. The number of para-hydroxylation sites is 1. The predicted molar refractivity (Wildman–Crippen MR) is 131 cm³/mol. The highest BCUT2D eigenvalue weighted by Gasteiger charge is 2.35. The van der Waals surface area contributed by atoms with Crippen molar-refractivity contribution in [2.45, 2.75) is 32.9 Å². The van der Waals surface area contributed by atoms with Crippen molar-refractivity contribution in [3.63, 3.8) is 0 Å². The lowest BCUT2D eigenvalue weighted by Gasteiger charge is -2.26. The summed E-state index contributed by atoms with van der Waals surface area (Å²) in [4.78, 5) is 33.4. The molecule has 0 radical (unpaired) electrons. The molecule has 9 heteroatoms. The van der Waals surface area contributed by atoms with Gasteiger partial charge in [-0.05, 0) is 32.9 Å². The number of rotatable bonds is 6. The van der Waals surface area contributed by atoms with E-state index >= 15 is 0 Å². The van der Waals surface area contributed by atoms with Crippen LogP contribution in [0.25, 0.3) is 6.08 Å². The Morgan fingerprint density at radius 2 is 1.97 bits per heavy atom. The van der Waals surface area contributed by atoms with Crippen LogP contribution in [-0.4, -0.2) is 37.8 Å². The molecular formula is C25H27N3O5S. The molecule has 0 aliphatic carbocycles. The number of carbonyl (C=O) groups is 1. The topological polar surface area (TPSA) is 86.3 Å². The van der Waals surface area contributed by atoms with Crippen LogP contribution in [-0.2, 0) is 9.53 Å². The average Bonchev–Trinajstić information content (AvgIpc) is 3.37. The zero-order chi connectivity index (χ0) is 24.6. The van der Waals surface area contributed by atoms with Crippen LogP contribution < -0.4 is 24.5 Å². The van der Waals surface area contributed by atoms with E-state index < -0.39 is 12.0 Å². The number of anilines is 1. The summed E-state index contributed by atoms with van der Waals surface area (Å²) in [5.74, 6) is 1.29. The summed E-state index contributed by atoms with van der Waals surface area (Å²) in [6.07, 6.45) is 1.61. The van der Waals surface area contributed by atoms with Gasteiger partial charge in [0.05, 0.1) is 29.0 Å². The monoisotopic (exact) mass is 481 g/mol.